The lowest BCUT2D eigenvalue weighted by atomic mass is 10.1. The van der Waals surface area contributed by atoms with Crippen LogP contribution in [-0.2, 0) is 10.0 Å². The average Bonchev–Trinajstić information content (AvgIpc) is 2.63. The van der Waals surface area contributed by atoms with Gasteiger partial charge in [-0.25, -0.2) is 12.8 Å². The zero-order chi connectivity index (χ0) is 13.6. The van der Waals surface area contributed by atoms with Gasteiger partial charge in [-0.3, -0.25) is 0 Å². The Labute approximate surface area is 106 Å². The summed E-state index contributed by atoms with van der Waals surface area (Å²) in [5.41, 5.74) is -0.353. The van der Waals surface area contributed by atoms with Crippen LogP contribution >= 0.6 is 0 Å². The first-order valence-electron chi connectivity index (χ1n) is 5.71. The molecule has 1 aromatic rings. The molecular weight excluding hydrogens is 257 g/mol. The van der Waals surface area contributed by atoms with Gasteiger partial charge in [-0.1, -0.05) is 6.07 Å². The topological polar surface area (TPSA) is 57.6 Å². The SMILES string of the molecule is Cc1ccc(F)c(S(=O)(=O)N2CCC(C)(O)C2)c1. The number of benzene rings is 1. The van der Waals surface area contributed by atoms with E-state index in [0.29, 0.717) is 12.0 Å². The van der Waals surface area contributed by atoms with Gasteiger partial charge in [0, 0.05) is 13.1 Å². The van der Waals surface area contributed by atoms with Gasteiger partial charge in [0.2, 0.25) is 10.0 Å². The number of aliphatic hydroxyl groups is 1. The van der Waals surface area contributed by atoms with E-state index in [0.717, 1.165) is 10.4 Å². The van der Waals surface area contributed by atoms with Crippen LogP contribution in [0.15, 0.2) is 23.1 Å². The zero-order valence-corrected chi connectivity index (χ0v) is 11.2. The third-order valence-electron chi connectivity index (χ3n) is 3.12. The molecule has 6 heteroatoms. The highest BCUT2D eigenvalue weighted by Crippen LogP contribution is 2.28. The van der Waals surface area contributed by atoms with Gasteiger partial charge in [0.05, 0.1) is 5.60 Å². The molecule has 100 valence electrons. The second-order valence-corrected chi connectivity index (χ2v) is 6.93. The summed E-state index contributed by atoms with van der Waals surface area (Å²) >= 11 is 0. The average molecular weight is 273 g/mol. The van der Waals surface area contributed by atoms with Crippen molar-refractivity contribution in [3.63, 3.8) is 0 Å². The lowest BCUT2D eigenvalue weighted by Crippen LogP contribution is -2.34. The highest BCUT2D eigenvalue weighted by Gasteiger charge is 2.39. The minimum absolute atomic E-state index is 0.00269. The maximum absolute atomic E-state index is 13.6. The van der Waals surface area contributed by atoms with Crippen molar-refractivity contribution < 1.29 is 17.9 Å². The first-order valence-corrected chi connectivity index (χ1v) is 7.15. The van der Waals surface area contributed by atoms with Crippen LogP contribution in [0, 0.1) is 12.7 Å². The van der Waals surface area contributed by atoms with Crippen molar-refractivity contribution >= 4 is 10.0 Å². The Kier molecular flexibility index (Phi) is 3.21. The Morgan fingerprint density at radius 1 is 1.44 bits per heavy atom. The highest BCUT2D eigenvalue weighted by molar-refractivity contribution is 7.89. The smallest absolute Gasteiger partial charge is 0.246 e. The van der Waals surface area contributed by atoms with Crippen LogP contribution in [-0.4, -0.2) is 36.5 Å². The molecule has 1 N–H and O–H groups in total. The standard InChI is InChI=1S/C12H16FNO3S/c1-9-3-4-10(13)11(7-9)18(16,17)14-6-5-12(2,15)8-14/h3-4,7,15H,5-6,8H2,1-2H3. The fourth-order valence-electron chi connectivity index (χ4n) is 2.06. The molecule has 1 aliphatic heterocycles. The summed E-state index contributed by atoms with van der Waals surface area (Å²) in [6.07, 6.45) is 0.361. The summed E-state index contributed by atoms with van der Waals surface area (Å²) in [6.45, 7) is 3.50. The van der Waals surface area contributed by atoms with Crippen molar-refractivity contribution in [3.05, 3.63) is 29.6 Å². The fourth-order valence-corrected chi connectivity index (χ4v) is 3.76. The third-order valence-corrected chi connectivity index (χ3v) is 4.98. The van der Waals surface area contributed by atoms with Gasteiger partial charge in [-0.15, -0.1) is 0 Å². The van der Waals surface area contributed by atoms with E-state index in [1.807, 2.05) is 0 Å². The van der Waals surface area contributed by atoms with Crippen LogP contribution in [0.3, 0.4) is 0 Å². The molecule has 18 heavy (non-hydrogen) atoms. The summed E-state index contributed by atoms with van der Waals surface area (Å²) in [4.78, 5) is -0.319. The second-order valence-electron chi connectivity index (χ2n) is 5.02. The Morgan fingerprint density at radius 3 is 2.67 bits per heavy atom. The van der Waals surface area contributed by atoms with Crippen LogP contribution in [0.4, 0.5) is 4.39 Å². The van der Waals surface area contributed by atoms with Crippen molar-refractivity contribution in [2.24, 2.45) is 0 Å². The number of hydrogen-bond acceptors (Lipinski definition) is 3. The molecule has 0 aromatic heterocycles. The fraction of sp³-hybridized carbons (Fsp3) is 0.500. The number of halogens is 1. The van der Waals surface area contributed by atoms with E-state index in [-0.39, 0.29) is 18.0 Å². The van der Waals surface area contributed by atoms with Gasteiger partial charge in [0.25, 0.3) is 0 Å². The molecule has 1 heterocycles. The molecule has 4 nitrogen and oxygen atoms in total. The monoisotopic (exact) mass is 273 g/mol. The van der Waals surface area contributed by atoms with Gasteiger partial charge >= 0.3 is 0 Å². The zero-order valence-electron chi connectivity index (χ0n) is 10.4. The molecule has 1 aliphatic rings. The molecule has 0 saturated carbocycles. The molecule has 1 saturated heterocycles. The van der Waals surface area contributed by atoms with Crippen LogP contribution in [0.5, 0.6) is 0 Å². The molecule has 0 radical (unpaired) electrons. The lowest BCUT2D eigenvalue weighted by Gasteiger charge is -2.19. The van der Waals surface area contributed by atoms with Crippen molar-refractivity contribution in [2.45, 2.75) is 30.8 Å². The Bertz CT molecular complexity index is 569. The number of nitrogens with zero attached hydrogens (tertiary/aromatic N) is 1. The number of sulfonamides is 1. The highest BCUT2D eigenvalue weighted by atomic mass is 32.2. The molecule has 1 aromatic carbocycles. The maximum atomic E-state index is 13.6. The summed E-state index contributed by atoms with van der Waals surface area (Å²) in [5.74, 6) is -0.757. The normalized spacial score (nSPS) is 25.6. The van der Waals surface area contributed by atoms with E-state index >= 15 is 0 Å². The van der Waals surface area contributed by atoms with Gasteiger partial charge in [-0.2, -0.15) is 4.31 Å². The number of hydrogen-bond donors (Lipinski definition) is 1. The number of rotatable bonds is 2. The van der Waals surface area contributed by atoms with E-state index < -0.39 is 21.4 Å². The minimum Gasteiger partial charge on any atom is -0.389 e. The van der Waals surface area contributed by atoms with Crippen molar-refractivity contribution in [3.8, 4) is 0 Å². The molecule has 1 atom stereocenters. The number of β-amino-alcohol motifs (C(OH)–C–C–N with tert-alkyl or cyclic N) is 1. The molecule has 2 rings (SSSR count). The molecule has 1 fully saturated rings. The molecule has 0 aliphatic carbocycles. The summed E-state index contributed by atoms with van der Waals surface area (Å²) in [6, 6.07) is 3.99. The predicted molar refractivity (Wildman–Crippen MR) is 65.1 cm³/mol. The van der Waals surface area contributed by atoms with E-state index in [2.05, 4.69) is 0 Å². The number of aryl methyl sites for hydroxylation is 1. The molecule has 0 bridgehead atoms. The summed E-state index contributed by atoms with van der Waals surface area (Å²) in [5, 5.41) is 9.80. The molecular formula is C12H16FNO3S. The lowest BCUT2D eigenvalue weighted by molar-refractivity contribution is 0.0762. The van der Waals surface area contributed by atoms with Crippen LogP contribution < -0.4 is 0 Å². The summed E-state index contributed by atoms with van der Waals surface area (Å²) < 4.78 is 39.3. The first kappa shape index (κ1) is 13.5. The van der Waals surface area contributed by atoms with E-state index in [1.165, 1.54) is 12.1 Å². The van der Waals surface area contributed by atoms with Crippen molar-refractivity contribution in [1.29, 1.82) is 0 Å². The first-order chi connectivity index (χ1) is 8.22. The van der Waals surface area contributed by atoms with Gasteiger partial charge in [-0.05, 0) is 38.0 Å². The van der Waals surface area contributed by atoms with Crippen molar-refractivity contribution in [2.75, 3.05) is 13.1 Å². The van der Waals surface area contributed by atoms with Crippen LogP contribution in [0.2, 0.25) is 0 Å². The van der Waals surface area contributed by atoms with Gasteiger partial charge in [0.15, 0.2) is 0 Å². The Hall–Kier alpha value is -0.980. The van der Waals surface area contributed by atoms with E-state index in [9.17, 15) is 17.9 Å². The Balaban J connectivity index is 2.40. The Morgan fingerprint density at radius 2 is 2.11 bits per heavy atom. The second kappa shape index (κ2) is 4.29. The predicted octanol–water partition coefficient (Wildman–Crippen LogP) is 1.28. The quantitative estimate of drug-likeness (QED) is 0.883. The van der Waals surface area contributed by atoms with Crippen LogP contribution in [0.25, 0.3) is 0 Å². The summed E-state index contributed by atoms with van der Waals surface area (Å²) in [7, 11) is -3.86. The van der Waals surface area contributed by atoms with Crippen LogP contribution in [0.1, 0.15) is 18.9 Å². The maximum Gasteiger partial charge on any atom is 0.246 e. The largest absolute Gasteiger partial charge is 0.389 e. The molecule has 0 spiro atoms. The third kappa shape index (κ3) is 2.41. The minimum atomic E-state index is -3.86. The molecule has 1 unspecified atom stereocenters. The van der Waals surface area contributed by atoms with Gasteiger partial charge in [0.1, 0.15) is 10.7 Å². The van der Waals surface area contributed by atoms with E-state index in [1.54, 1.807) is 13.8 Å². The molecule has 0 amide bonds. The van der Waals surface area contributed by atoms with Crippen molar-refractivity contribution in [1.82, 2.24) is 4.31 Å². The van der Waals surface area contributed by atoms with E-state index in [4.69, 9.17) is 0 Å². The van der Waals surface area contributed by atoms with Gasteiger partial charge < -0.3 is 5.11 Å².